The van der Waals surface area contributed by atoms with Crippen LogP contribution in [0, 0.1) is 5.82 Å². The molecule has 0 aliphatic rings. The molecule has 0 aliphatic carbocycles. The van der Waals surface area contributed by atoms with Crippen LogP contribution in [0.15, 0.2) is 46.9 Å². The maximum absolute atomic E-state index is 13.6. The van der Waals surface area contributed by atoms with Crippen molar-refractivity contribution in [3.63, 3.8) is 0 Å². The fourth-order valence-corrected chi connectivity index (χ4v) is 2.49. The van der Waals surface area contributed by atoms with Crippen LogP contribution in [0.5, 0.6) is 5.75 Å². The van der Waals surface area contributed by atoms with E-state index in [0.717, 1.165) is 4.47 Å². The highest BCUT2D eigenvalue weighted by atomic mass is 79.9. The van der Waals surface area contributed by atoms with Gasteiger partial charge in [0.05, 0.1) is 17.4 Å². The monoisotopic (exact) mass is 410 g/mol. The largest absolute Gasteiger partial charge is 0.490 e. The lowest BCUT2D eigenvalue weighted by atomic mass is 10.2. The van der Waals surface area contributed by atoms with Crippen molar-refractivity contribution in [3.05, 3.63) is 58.3 Å². The Morgan fingerprint density at radius 2 is 1.96 bits per heavy atom. The topological polar surface area (TPSA) is 50.4 Å². The minimum atomic E-state index is -0.458. The number of amides is 1. The Labute approximate surface area is 153 Å². The predicted molar refractivity (Wildman–Crippen MR) is 100.0 cm³/mol. The number of halogens is 2. The molecule has 0 spiro atoms. The number of benzene rings is 2. The number of hydrogen-bond donors (Lipinski definition) is 2. The normalized spacial score (nSPS) is 10.4. The maximum Gasteiger partial charge on any atom is 0.261 e. The fraction of sp³-hybridized carbons (Fsp3) is 0.176. The third-order valence-corrected chi connectivity index (χ3v) is 3.60. The van der Waals surface area contributed by atoms with Crippen LogP contribution in [-0.2, 0) is 0 Å². The molecule has 0 atom stereocenters. The predicted octanol–water partition coefficient (Wildman–Crippen LogP) is 4.50. The van der Waals surface area contributed by atoms with Gasteiger partial charge in [0.2, 0.25) is 0 Å². The second-order valence-electron chi connectivity index (χ2n) is 5.20. The number of ether oxygens (including phenoxy) is 1. The number of rotatable bonds is 4. The molecule has 4 nitrogen and oxygen atoms in total. The Morgan fingerprint density at radius 3 is 2.62 bits per heavy atom. The first-order chi connectivity index (χ1) is 11.4. The minimum Gasteiger partial charge on any atom is -0.490 e. The Hall–Kier alpha value is -1.99. The Kier molecular flexibility index (Phi) is 6.28. The van der Waals surface area contributed by atoms with Gasteiger partial charge in [-0.05, 0) is 56.4 Å². The average Bonchev–Trinajstić information content (AvgIpc) is 2.50. The molecule has 0 bridgehead atoms. The van der Waals surface area contributed by atoms with Crippen LogP contribution in [0.3, 0.4) is 0 Å². The summed E-state index contributed by atoms with van der Waals surface area (Å²) in [6, 6.07) is 11.2. The van der Waals surface area contributed by atoms with Crippen LogP contribution in [0.1, 0.15) is 24.2 Å². The summed E-state index contributed by atoms with van der Waals surface area (Å²) < 4.78 is 20.0. The molecule has 0 radical (unpaired) electrons. The molecule has 24 heavy (non-hydrogen) atoms. The molecule has 0 saturated carbocycles. The van der Waals surface area contributed by atoms with Gasteiger partial charge in [0.1, 0.15) is 11.6 Å². The van der Waals surface area contributed by atoms with Gasteiger partial charge in [-0.1, -0.05) is 28.1 Å². The summed E-state index contributed by atoms with van der Waals surface area (Å²) in [6.07, 6.45) is -0.0822. The van der Waals surface area contributed by atoms with Gasteiger partial charge in [-0.2, -0.15) is 0 Å². The summed E-state index contributed by atoms with van der Waals surface area (Å²) in [5.74, 6) is -0.458. The van der Waals surface area contributed by atoms with E-state index < -0.39 is 11.7 Å². The molecule has 126 valence electrons. The van der Waals surface area contributed by atoms with Crippen molar-refractivity contribution in [1.82, 2.24) is 5.32 Å². The molecule has 2 rings (SSSR count). The minimum absolute atomic E-state index is 0.000530. The van der Waals surface area contributed by atoms with Crippen molar-refractivity contribution >= 4 is 44.9 Å². The van der Waals surface area contributed by atoms with Crippen LogP contribution in [0.4, 0.5) is 10.1 Å². The first kappa shape index (κ1) is 18.4. The van der Waals surface area contributed by atoms with E-state index in [1.807, 2.05) is 13.8 Å². The van der Waals surface area contributed by atoms with Gasteiger partial charge in [0, 0.05) is 4.47 Å². The lowest BCUT2D eigenvalue weighted by molar-refractivity contribution is 0.0972. The van der Waals surface area contributed by atoms with Crippen molar-refractivity contribution in [2.24, 2.45) is 0 Å². The molecule has 7 heteroatoms. The van der Waals surface area contributed by atoms with Crippen LogP contribution in [0.25, 0.3) is 0 Å². The maximum atomic E-state index is 13.6. The number of carbonyl (C=O) groups excluding carboxylic acids is 1. The zero-order chi connectivity index (χ0) is 17.7. The van der Waals surface area contributed by atoms with Crippen molar-refractivity contribution < 1.29 is 13.9 Å². The van der Waals surface area contributed by atoms with Crippen LogP contribution >= 0.6 is 28.1 Å². The zero-order valence-corrected chi connectivity index (χ0v) is 15.5. The second-order valence-corrected chi connectivity index (χ2v) is 6.52. The highest BCUT2D eigenvalue weighted by Crippen LogP contribution is 2.24. The SMILES string of the molecule is CC(C)Oc1ccc(Br)cc1C(=O)NC(=S)Nc1ccccc1F. The highest BCUT2D eigenvalue weighted by molar-refractivity contribution is 9.10. The number of nitrogens with one attached hydrogen (secondary N) is 2. The van der Waals surface area contributed by atoms with Crippen molar-refractivity contribution in [1.29, 1.82) is 0 Å². The van der Waals surface area contributed by atoms with Gasteiger partial charge in [0.15, 0.2) is 5.11 Å². The second kappa shape index (κ2) is 8.21. The summed E-state index contributed by atoms with van der Waals surface area (Å²) in [7, 11) is 0. The Bertz CT molecular complexity index is 768. The number of para-hydroxylation sites is 1. The summed E-state index contributed by atoms with van der Waals surface area (Å²) in [5, 5.41) is 5.18. The van der Waals surface area contributed by atoms with E-state index in [1.165, 1.54) is 12.1 Å². The van der Waals surface area contributed by atoms with Crippen molar-refractivity contribution in [3.8, 4) is 5.75 Å². The van der Waals surface area contributed by atoms with Crippen molar-refractivity contribution in [2.45, 2.75) is 20.0 Å². The van der Waals surface area contributed by atoms with E-state index in [-0.39, 0.29) is 16.9 Å². The van der Waals surface area contributed by atoms with Crippen LogP contribution in [0.2, 0.25) is 0 Å². The summed E-state index contributed by atoms with van der Waals surface area (Å²) in [5.41, 5.74) is 0.520. The van der Waals surface area contributed by atoms with Gasteiger partial charge in [0.25, 0.3) is 5.91 Å². The fourth-order valence-electron chi connectivity index (χ4n) is 1.92. The Morgan fingerprint density at radius 1 is 1.25 bits per heavy atom. The molecule has 0 aromatic heterocycles. The summed E-state index contributed by atoms with van der Waals surface area (Å²) in [6.45, 7) is 3.74. The first-order valence-corrected chi connectivity index (χ1v) is 8.40. The van der Waals surface area contributed by atoms with E-state index in [0.29, 0.717) is 11.3 Å². The van der Waals surface area contributed by atoms with Gasteiger partial charge >= 0.3 is 0 Å². The molecule has 1 amide bonds. The lowest BCUT2D eigenvalue weighted by Crippen LogP contribution is -2.34. The molecule has 0 unspecified atom stereocenters. The number of thiocarbonyl (C=S) groups is 1. The zero-order valence-electron chi connectivity index (χ0n) is 13.1. The van der Waals surface area contributed by atoms with E-state index in [9.17, 15) is 9.18 Å². The van der Waals surface area contributed by atoms with E-state index in [1.54, 1.807) is 30.3 Å². The number of carbonyl (C=O) groups is 1. The van der Waals surface area contributed by atoms with Crippen LogP contribution in [-0.4, -0.2) is 17.1 Å². The Balaban J connectivity index is 2.13. The average molecular weight is 411 g/mol. The van der Waals surface area contributed by atoms with Crippen molar-refractivity contribution in [2.75, 3.05) is 5.32 Å². The number of anilines is 1. The molecule has 0 saturated heterocycles. The third-order valence-electron chi connectivity index (χ3n) is 2.90. The van der Waals surface area contributed by atoms with Gasteiger partial charge in [-0.25, -0.2) is 4.39 Å². The van der Waals surface area contributed by atoms with Gasteiger partial charge in [-0.3, -0.25) is 10.1 Å². The van der Waals surface area contributed by atoms with Gasteiger partial charge < -0.3 is 10.1 Å². The molecular weight excluding hydrogens is 395 g/mol. The first-order valence-electron chi connectivity index (χ1n) is 7.20. The summed E-state index contributed by atoms with van der Waals surface area (Å²) in [4.78, 5) is 12.5. The molecule has 2 aromatic rings. The third kappa shape index (κ3) is 5.01. The van der Waals surface area contributed by atoms with Gasteiger partial charge in [-0.15, -0.1) is 0 Å². The quantitative estimate of drug-likeness (QED) is 0.728. The molecular formula is C17H16BrFN2O2S. The lowest BCUT2D eigenvalue weighted by Gasteiger charge is -2.15. The standard InChI is InChI=1S/C17H16BrFN2O2S/c1-10(2)23-15-8-7-11(18)9-12(15)16(22)21-17(24)20-14-6-4-3-5-13(14)19/h3-10H,1-2H3,(H2,20,21,22,24). The molecule has 0 fully saturated rings. The van der Waals surface area contributed by atoms with E-state index in [4.69, 9.17) is 17.0 Å². The number of hydrogen-bond acceptors (Lipinski definition) is 3. The molecule has 2 aromatic carbocycles. The molecule has 2 N–H and O–H groups in total. The van der Waals surface area contributed by atoms with Crippen LogP contribution < -0.4 is 15.4 Å². The smallest absolute Gasteiger partial charge is 0.261 e. The van der Waals surface area contributed by atoms with E-state index in [2.05, 4.69) is 26.6 Å². The highest BCUT2D eigenvalue weighted by Gasteiger charge is 2.16. The van der Waals surface area contributed by atoms with E-state index >= 15 is 0 Å². The molecule has 0 heterocycles. The molecule has 0 aliphatic heterocycles. The summed E-state index contributed by atoms with van der Waals surface area (Å²) >= 11 is 8.40.